The molecule has 4 N–H and O–H groups in total. The van der Waals surface area contributed by atoms with E-state index >= 15 is 0 Å². The molecule has 1 heterocycles. The van der Waals surface area contributed by atoms with Crippen LogP contribution in [0.5, 0.6) is 0 Å². The number of thiophene rings is 1. The van der Waals surface area contributed by atoms with Gasteiger partial charge in [-0.2, -0.15) is 0 Å². The molecule has 1 unspecified atom stereocenters. The van der Waals surface area contributed by atoms with E-state index in [2.05, 4.69) is 10.6 Å². The molecule has 22 heavy (non-hydrogen) atoms. The van der Waals surface area contributed by atoms with Crippen LogP contribution in [0.1, 0.15) is 22.9 Å². The maximum Gasteiger partial charge on any atom is 0.312 e. The Morgan fingerprint density at radius 3 is 2.64 bits per heavy atom. The van der Waals surface area contributed by atoms with E-state index in [9.17, 15) is 9.59 Å². The standard InChI is InChI=1S/C15H16ClN3O2S/c16-12-6-2-1-5-11(12)13(19-15(17)21)8-14(20)18-9-10-4-3-7-22-10/h1-7,13H,8-9H2,(H,18,20)(H3,17,19,21). The molecule has 0 radical (unpaired) electrons. The molecular weight excluding hydrogens is 322 g/mol. The van der Waals surface area contributed by atoms with Crippen molar-refractivity contribution in [3.8, 4) is 0 Å². The zero-order valence-electron chi connectivity index (χ0n) is 11.7. The van der Waals surface area contributed by atoms with E-state index in [0.717, 1.165) is 4.88 Å². The van der Waals surface area contributed by atoms with E-state index in [-0.39, 0.29) is 12.3 Å². The van der Waals surface area contributed by atoms with Crippen LogP contribution >= 0.6 is 22.9 Å². The lowest BCUT2D eigenvalue weighted by atomic mass is 10.0. The predicted molar refractivity (Wildman–Crippen MR) is 87.7 cm³/mol. The number of nitrogens with one attached hydrogen (secondary N) is 2. The Bertz CT molecular complexity index is 646. The summed E-state index contributed by atoms with van der Waals surface area (Å²) in [5.74, 6) is -0.188. The summed E-state index contributed by atoms with van der Waals surface area (Å²) in [6.07, 6.45) is 0.0675. The van der Waals surface area contributed by atoms with Gasteiger partial charge in [-0.05, 0) is 23.1 Å². The minimum atomic E-state index is -0.698. The Kier molecular flexibility index (Phi) is 5.80. The predicted octanol–water partition coefficient (Wildman–Crippen LogP) is 2.82. The first-order chi connectivity index (χ1) is 10.6. The highest BCUT2D eigenvalue weighted by molar-refractivity contribution is 7.09. The Morgan fingerprint density at radius 2 is 2.00 bits per heavy atom. The smallest absolute Gasteiger partial charge is 0.312 e. The Hall–Kier alpha value is -2.05. The van der Waals surface area contributed by atoms with Gasteiger partial charge in [0, 0.05) is 9.90 Å². The first-order valence-corrected chi connectivity index (χ1v) is 7.91. The van der Waals surface area contributed by atoms with Crippen molar-refractivity contribution in [2.45, 2.75) is 19.0 Å². The number of primary amides is 1. The van der Waals surface area contributed by atoms with Gasteiger partial charge in [0.25, 0.3) is 0 Å². The fourth-order valence-electron chi connectivity index (χ4n) is 2.02. The Labute approximate surface area is 137 Å². The number of urea groups is 1. The molecule has 1 atom stereocenters. The molecule has 0 saturated carbocycles. The second kappa shape index (κ2) is 7.82. The van der Waals surface area contributed by atoms with Crippen LogP contribution in [0.4, 0.5) is 4.79 Å². The van der Waals surface area contributed by atoms with Crippen LogP contribution in [0.15, 0.2) is 41.8 Å². The summed E-state index contributed by atoms with van der Waals surface area (Å²) in [6.45, 7) is 0.461. The van der Waals surface area contributed by atoms with Gasteiger partial charge >= 0.3 is 6.03 Å². The third-order valence-electron chi connectivity index (χ3n) is 3.03. The molecule has 7 heteroatoms. The van der Waals surface area contributed by atoms with Crippen molar-refractivity contribution in [3.05, 3.63) is 57.2 Å². The topological polar surface area (TPSA) is 84.2 Å². The van der Waals surface area contributed by atoms with E-state index < -0.39 is 12.1 Å². The van der Waals surface area contributed by atoms with Crippen LogP contribution in [0.3, 0.4) is 0 Å². The Balaban J connectivity index is 2.01. The van der Waals surface area contributed by atoms with Gasteiger partial charge in [-0.25, -0.2) is 4.79 Å². The van der Waals surface area contributed by atoms with Crippen LogP contribution in [0.25, 0.3) is 0 Å². The van der Waals surface area contributed by atoms with Gasteiger partial charge in [0.1, 0.15) is 0 Å². The van der Waals surface area contributed by atoms with Crippen molar-refractivity contribution in [1.29, 1.82) is 0 Å². The number of hydrogen-bond donors (Lipinski definition) is 3. The molecule has 116 valence electrons. The largest absolute Gasteiger partial charge is 0.352 e. The molecule has 2 aromatic rings. The molecule has 0 spiro atoms. The van der Waals surface area contributed by atoms with Crippen molar-refractivity contribution >= 4 is 34.9 Å². The van der Waals surface area contributed by atoms with Gasteiger partial charge in [-0.3, -0.25) is 4.79 Å². The highest BCUT2D eigenvalue weighted by Gasteiger charge is 2.19. The average molecular weight is 338 g/mol. The van der Waals surface area contributed by atoms with E-state index in [1.807, 2.05) is 17.5 Å². The monoisotopic (exact) mass is 337 g/mol. The quantitative estimate of drug-likeness (QED) is 0.757. The molecule has 1 aromatic carbocycles. The molecule has 0 aliphatic rings. The van der Waals surface area contributed by atoms with Crippen molar-refractivity contribution in [2.24, 2.45) is 5.73 Å². The van der Waals surface area contributed by atoms with Crippen molar-refractivity contribution < 1.29 is 9.59 Å². The summed E-state index contributed by atoms with van der Waals surface area (Å²) in [4.78, 5) is 24.3. The first-order valence-electron chi connectivity index (χ1n) is 6.65. The van der Waals surface area contributed by atoms with E-state index in [4.69, 9.17) is 17.3 Å². The minimum absolute atomic E-state index is 0.0675. The van der Waals surface area contributed by atoms with E-state index in [1.165, 1.54) is 0 Å². The lowest BCUT2D eigenvalue weighted by molar-refractivity contribution is -0.121. The van der Waals surface area contributed by atoms with Gasteiger partial charge < -0.3 is 16.4 Å². The third kappa shape index (κ3) is 4.75. The van der Waals surface area contributed by atoms with Crippen LogP contribution in [-0.4, -0.2) is 11.9 Å². The van der Waals surface area contributed by atoms with Gasteiger partial charge in [0.15, 0.2) is 0 Å². The van der Waals surface area contributed by atoms with Crippen molar-refractivity contribution in [3.63, 3.8) is 0 Å². The number of benzene rings is 1. The van der Waals surface area contributed by atoms with Crippen LogP contribution in [0, 0.1) is 0 Å². The second-order valence-corrected chi connectivity index (χ2v) is 6.08. The SMILES string of the molecule is NC(=O)NC(CC(=O)NCc1cccs1)c1ccccc1Cl. The molecule has 1 aromatic heterocycles. The van der Waals surface area contributed by atoms with Crippen molar-refractivity contribution in [1.82, 2.24) is 10.6 Å². The molecular formula is C15H16ClN3O2S. The van der Waals surface area contributed by atoms with Gasteiger partial charge in [-0.1, -0.05) is 35.9 Å². The van der Waals surface area contributed by atoms with Crippen LogP contribution in [-0.2, 0) is 11.3 Å². The number of hydrogen-bond acceptors (Lipinski definition) is 3. The number of amides is 3. The summed E-state index contributed by atoms with van der Waals surface area (Å²) in [5, 5.41) is 7.80. The maximum atomic E-state index is 12.1. The van der Waals surface area contributed by atoms with Crippen molar-refractivity contribution in [2.75, 3.05) is 0 Å². The molecule has 2 rings (SSSR count). The summed E-state index contributed by atoms with van der Waals surface area (Å²) >= 11 is 7.69. The fourth-order valence-corrected chi connectivity index (χ4v) is 2.94. The number of halogens is 1. The number of nitrogens with two attached hydrogens (primary N) is 1. The van der Waals surface area contributed by atoms with E-state index in [1.54, 1.807) is 35.6 Å². The van der Waals surface area contributed by atoms with Crippen LogP contribution < -0.4 is 16.4 Å². The average Bonchev–Trinajstić information content (AvgIpc) is 2.98. The summed E-state index contributed by atoms with van der Waals surface area (Å²) in [7, 11) is 0. The normalized spacial score (nSPS) is 11.7. The molecule has 0 fully saturated rings. The molecule has 0 aliphatic carbocycles. The second-order valence-electron chi connectivity index (χ2n) is 4.64. The van der Waals surface area contributed by atoms with Gasteiger partial charge in [0.2, 0.25) is 5.91 Å². The highest BCUT2D eigenvalue weighted by atomic mass is 35.5. The minimum Gasteiger partial charge on any atom is -0.352 e. The van der Waals surface area contributed by atoms with Crippen LogP contribution in [0.2, 0.25) is 5.02 Å². The molecule has 5 nitrogen and oxygen atoms in total. The van der Waals surface area contributed by atoms with Gasteiger partial charge in [0.05, 0.1) is 19.0 Å². The summed E-state index contributed by atoms with van der Waals surface area (Å²) in [6, 6.07) is 9.65. The lowest BCUT2D eigenvalue weighted by Gasteiger charge is -2.18. The molecule has 0 saturated heterocycles. The molecule has 0 bridgehead atoms. The number of carbonyl (C=O) groups is 2. The summed E-state index contributed by atoms with van der Waals surface area (Å²) in [5.41, 5.74) is 5.85. The Morgan fingerprint density at radius 1 is 1.23 bits per heavy atom. The molecule has 0 aliphatic heterocycles. The number of rotatable bonds is 6. The number of carbonyl (C=O) groups excluding carboxylic acids is 2. The highest BCUT2D eigenvalue weighted by Crippen LogP contribution is 2.25. The third-order valence-corrected chi connectivity index (χ3v) is 4.25. The maximum absolute atomic E-state index is 12.1. The van der Waals surface area contributed by atoms with Gasteiger partial charge in [-0.15, -0.1) is 11.3 Å². The molecule has 3 amide bonds. The lowest BCUT2D eigenvalue weighted by Crippen LogP contribution is -2.36. The zero-order valence-corrected chi connectivity index (χ0v) is 13.3. The summed E-state index contributed by atoms with van der Waals surface area (Å²) < 4.78 is 0. The first kappa shape index (κ1) is 16.3. The fraction of sp³-hybridized carbons (Fsp3) is 0.200. The zero-order chi connectivity index (χ0) is 15.9. The van der Waals surface area contributed by atoms with E-state index in [0.29, 0.717) is 17.1 Å².